The lowest BCUT2D eigenvalue weighted by Crippen LogP contribution is -2.62. The van der Waals surface area contributed by atoms with Gasteiger partial charge in [-0.15, -0.1) is 0 Å². The Hall–Kier alpha value is -10.9. The third-order valence-corrected chi connectivity index (χ3v) is 20.5. The van der Waals surface area contributed by atoms with Crippen molar-refractivity contribution in [2.75, 3.05) is 30.3 Å². The van der Waals surface area contributed by atoms with Crippen molar-refractivity contribution >= 4 is 126 Å². The number of rotatable bonds is 41. The van der Waals surface area contributed by atoms with E-state index in [1.165, 1.54) is 107 Å². The minimum Gasteiger partial charge on any atom is -0.394 e. The van der Waals surface area contributed by atoms with E-state index < -0.39 is 190 Å². The van der Waals surface area contributed by atoms with E-state index in [4.69, 9.17) is 23.1 Å². The smallest absolute Gasteiger partial charge is 0.259 e. The van der Waals surface area contributed by atoms with Crippen molar-refractivity contribution in [2.24, 2.45) is 11.5 Å². The van der Waals surface area contributed by atoms with E-state index in [0.717, 1.165) is 10.8 Å². The lowest BCUT2D eigenvalue weighted by molar-refractivity contribution is -0.142. The summed E-state index contributed by atoms with van der Waals surface area (Å²) in [6.45, 7) is 10.8. The molecule has 1 aliphatic heterocycles. The normalized spacial score (nSPS) is 15.2. The van der Waals surface area contributed by atoms with Crippen molar-refractivity contribution in [2.45, 2.75) is 197 Å². The summed E-state index contributed by atoms with van der Waals surface area (Å²) in [6.07, 6.45) is -1.06. The molecule has 32 nitrogen and oxygen atoms in total. The van der Waals surface area contributed by atoms with Gasteiger partial charge in [0, 0.05) is 81.9 Å². The van der Waals surface area contributed by atoms with E-state index in [-0.39, 0.29) is 50.3 Å². The van der Waals surface area contributed by atoms with E-state index in [9.17, 15) is 71.1 Å². The molecule has 0 aliphatic carbocycles. The molecule has 0 unspecified atom stereocenters. The van der Waals surface area contributed by atoms with Crippen LogP contribution in [0.15, 0.2) is 115 Å². The number of sulfone groups is 1. The van der Waals surface area contributed by atoms with Crippen molar-refractivity contribution in [3.05, 3.63) is 143 Å². The standard InChI is InChI=1S/C76H100ClN15O17S/c1-42(2)80-34-12-11-16-58(76(107)92-35-13-17-64(92)73(105)81-44(5)66(79)98)86-74(106)75(110(108,109)43(3)4)91-71(103)62(39-50-23-30-56(31-24-50)83-46(7)95)88-70(102)61(38-49-21-28-55(29-22-49)82-45(6)94)89-72(104)63(41-93)90-67(99)57(32-33-65(78)97)85-69(101)60(37-48-19-26-54(77)27-20-48)87-68(100)59(84-47(8)96)40-51-18-25-52-14-9-10-15-53(52)36-51/h9-10,14-15,18-31,36,42-44,57-64,75,80,93H,11-13,16-17,32-35,37-41H2,1-8H3,(H2,78,97)(H2,79,98)(H,81,105)(H,82,94)(H,83,95)(H,84,96)(H,85,101)(H,86,106)(H,87,100)(H,88,102)(H,89,104)(H,90,99)(H,91,103)/t44-,57-,58+,59-,60-,61+,62-,63+,64+,75+/m1/s1. The molecule has 0 radical (unpaired) electrons. The molecule has 0 bridgehead atoms. The summed E-state index contributed by atoms with van der Waals surface area (Å²) in [6, 6.07) is 17.2. The number of hydrogen-bond acceptors (Lipinski definition) is 18. The lowest BCUT2D eigenvalue weighted by atomic mass is 9.99. The number of aliphatic hydroxyl groups is 1. The molecule has 5 aromatic rings. The Labute approximate surface area is 643 Å². The van der Waals surface area contributed by atoms with Crippen LogP contribution >= 0.6 is 11.6 Å². The van der Waals surface area contributed by atoms with Crippen LogP contribution in [0.2, 0.25) is 5.02 Å². The number of halogens is 1. The molecule has 17 N–H and O–H groups in total. The van der Waals surface area contributed by atoms with Crippen molar-refractivity contribution in [1.29, 1.82) is 0 Å². The first-order valence-corrected chi connectivity index (χ1v) is 38.1. The van der Waals surface area contributed by atoms with Gasteiger partial charge in [-0.05, 0) is 135 Å². The summed E-state index contributed by atoms with van der Waals surface area (Å²) in [5, 5.41) is 40.3. The van der Waals surface area contributed by atoms with Gasteiger partial charge in [-0.25, -0.2) is 8.42 Å². The maximum Gasteiger partial charge on any atom is 0.259 e. The van der Waals surface area contributed by atoms with Crippen molar-refractivity contribution in [3.8, 4) is 0 Å². The van der Waals surface area contributed by atoms with Gasteiger partial charge in [-0.2, -0.15) is 0 Å². The fraction of sp³-hybridized carbons (Fsp3) is 0.447. The molecule has 14 amide bonds. The first-order chi connectivity index (χ1) is 52.0. The Morgan fingerprint density at radius 2 is 0.945 bits per heavy atom. The summed E-state index contributed by atoms with van der Waals surface area (Å²) < 4.78 is 29.1. The van der Waals surface area contributed by atoms with Crippen LogP contribution in [0.3, 0.4) is 0 Å². The number of nitrogens with one attached hydrogen (secondary N) is 12. The lowest BCUT2D eigenvalue weighted by Gasteiger charge is -2.31. The molecule has 1 heterocycles. The molecule has 1 aliphatic rings. The topological polar surface area (TPSA) is 493 Å². The molecule has 10 atom stereocenters. The number of anilines is 2. The predicted molar refractivity (Wildman–Crippen MR) is 411 cm³/mol. The van der Waals surface area contributed by atoms with Gasteiger partial charge in [0.2, 0.25) is 82.2 Å². The summed E-state index contributed by atoms with van der Waals surface area (Å²) in [5.41, 5.74) is 13.3. The van der Waals surface area contributed by atoms with Crippen LogP contribution in [0.25, 0.3) is 10.8 Å². The molecule has 5 aromatic carbocycles. The molecule has 1 saturated heterocycles. The Morgan fingerprint density at radius 3 is 1.43 bits per heavy atom. The molecule has 0 spiro atoms. The SMILES string of the molecule is CC(=O)Nc1ccc(C[C@H](NC(=O)[C@H](CO)NC(=O)[C@@H](CCC(N)=O)NC(=O)[C@@H](Cc2ccc(Cl)cc2)NC(=O)[C@@H](Cc2ccc3ccccc3c2)NC(C)=O)C(=O)N[C@H](Cc2ccc(NC(C)=O)cc2)C(=O)N[C@H](C(=O)N[C@@H](CCCCNC(C)C)C(=O)N2CCC[C@H]2C(=O)N[C@H](C)C(N)=O)S(=O)(=O)C(C)C)cc1. The van der Waals surface area contributed by atoms with Crippen molar-refractivity contribution in [3.63, 3.8) is 0 Å². The summed E-state index contributed by atoms with van der Waals surface area (Å²) in [7, 11) is -4.79. The number of amides is 14. The zero-order chi connectivity index (χ0) is 81.1. The quantitative estimate of drug-likeness (QED) is 0.0240. The highest BCUT2D eigenvalue weighted by atomic mass is 35.5. The Bertz CT molecular complexity index is 4250. The van der Waals surface area contributed by atoms with Gasteiger partial charge in [-0.3, -0.25) is 67.1 Å². The first-order valence-electron chi connectivity index (χ1n) is 36.1. The van der Waals surface area contributed by atoms with Crippen LogP contribution in [0, 0.1) is 0 Å². The highest BCUT2D eigenvalue weighted by molar-refractivity contribution is 7.93. The number of carbonyl (C=O) groups is 14. The zero-order valence-electron chi connectivity index (χ0n) is 62.7. The van der Waals surface area contributed by atoms with E-state index in [0.29, 0.717) is 52.5 Å². The maximum atomic E-state index is 15.2. The van der Waals surface area contributed by atoms with Crippen LogP contribution in [-0.4, -0.2) is 192 Å². The van der Waals surface area contributed by atoms with Crippen molar-refractivity contribution in [1.82, 2.24) is 58.1 Å². The number of nitrogens with zero attached hydrogens (tertiary/aromatic N) is 1. The number of likely N-dealkylation sites (tertiary alicyclic amines) is 1. The van der Waals surface area contributed by atoms with Crippen LogP contribution < -0.4 is 75.3 Å². The number of aliphatic hydroxyl groups excluding tert-OH is 1. The monoisotopic (exact) mass is 1560 g/mol. The average molecular weight is 1560 g/mol. The number of fused-ring (bicyclic) bond motifs is 1. The van der Waals surface area contributed by atoms with Crippen LogP contribution in [0.5, 0.6) is 0 Å². The van der Waals surface area contributed by atoms with Gasteiger partial charge in [0.15, 0.2) is 9.84 Å². The van der Waals surface area contributed by atoms with Gasteiger partial charge in [0.05, 0.1) is 11.9 Å². The summed E-state index contributed by atoms with van der Waals surface area (Å²) in [5.74, 6) is -12.7. The zero-order valence-corrected chi connectivity index (χ0v) is 64.2. The number of hydrogen-bond donors (Lipinski definition) is 15. The van der Waals surface area contributed by atoms with E-state index in [1.54, 1.807) is 18.2 Å². The minimum atomic E-state index is -4.79. The van der Waals surface area contributed by atoms with Gasteiger partial charge in [0.1, 0.15) is 54.4 Å². The highest BCUT2D eigenvalue weighted by Gasteiger charge is 2.43. The van der Waals surface area contributed by atoms with Crippen LogP contribution in [0.4, 0.5) is 11.4 Å². The highest BCUT2D eigenvalue weighted by Crippen LogP contribution is 2.23. The van der Waals surface area contributed by atoms with Gasteiger partial charge in [0.25, 0.3) is 5.91 Å². The second-order valence-electron chi connectivity index (χ2n) is 27.6. The molecule has 0 saturated carbocycles. The molecular weight excluding hydrogens is 1460 g/mol. The van der Waals surface area contributed by atoms with Gasteiger partial charge in [-0.1, -0.05) is 104 Å². The molecule has 1 fully saturated rings. The second kappa shape index (κ2) is 42.2. The molecule has 0 aromatic heterocycles. The fourth-order valence-electron chi connectivity index (χ4n) is 12.0. The third-order valence-electron chi connectivity index (χ3n) is 18.0. The van der Waals surface area contributed by atoms with Gasteiger partial charge >= 0.3 is 0 Å². The Balaban J connectivity index is 1.33. The van der Waals surface area contributed by atoms with E-state index in [2.05, 4.69) is 63.8 Å². The Morgan fingerprint density at radius 1 is 0.500 bits per heavy atom. The summed E-state index contributed by atoms with van der Waals surface area (Å²) >= 11 is 6.20. The molecular formula is C76H100ClN15O17S. The number of unbranched alkanes of at least 4 members (excludes halogenated alkanes) is 1. The second-order valence-corrected chi connectivity index (χ2v) is 30.7. The van der Waals surface area contributed by atoms with Crippen LogP contribution in [0.1, 0.15) is 123 Å². The first kappa shape index (κ1) is 88.0. The average Bonchev–Trinajstić information content (AvgIpc) is 1.66. The minimum absolute atomic E-state index is 0.0240. The number of carbonyl (C=O) groups excluding carboxylic acids is 14. The maximum absolute atomic E-state index is 15.2. The fourth-order valence-corrected chi connectivity index (χ4v) is 13.3. The number of nitrogens with two attached hydrogens (primary N) is 2. The predicted octanol–water partition coefficient (Wildman–Crippen LogP) is 0.767. The Kier molecular flexibility index (Phi) is 33.7. The number of benzene rings is 5. The van der Waals surface area contributed by atoms with Gasteiger partial charge < -0.3 is 85.3 Å². The molecule has 594 valence electrons. The largest absolute Gasteiger partial charge is 0.394 e. The third kappa shape index (κ3) is 27.6. The van der Waals surface area contributed by atoms with E-state index >= 15 is 9.59 Å². The summed E-state index contributed by atoms with van der Waals surface area (Å²) in [4.78, 5) is 194. The molecule has 110 heavy (non-hydrogen) atoms. The molecule has 34 heteroatoms. The van der Waals surface area contributed by atoms with E-state index in [1.807, 2.05) is 50.2 Å². The number of primary amides is 2. The van der Waals surface area contributed by atoms with Crippen LogP contribution in [-0.2, 0) is 103 Å². The molecule has 6 rings (SSSR count). The van der Waals surface area contributed by atoms with Crippen molar-refractivity contribution < 1.29 is 80.6 Å².